The Labute approximate surface area is 171 Å². The normalized spacial score (nSPS) is 9.92. The third-order valence-corrected chi connectivity index (χ3v) is 5.50. The lowest BCUT2D eigenvalue weighted by atomic mass is 9.93. The van der Waals surface area contributed by atoms with Gasteiger partial charge in [0, 0.05) is 5.57 Å². The zero-order chi connectivity index (χ0) is 18.0. The molecule has 0 radical (unpaired) electrons. The first-order valence-corrected chi connectivity index (χ1v) is 9.38. The first-order chi connectivity index (χ1) is 11.3. The van der Waals surface area contributed by atoms with Crippen molar-refractivity contribution < 1.29 is 10.2 Å². The molecule has 8 heteroatoms. The van der Waals surface area contributed by atoms with Gasteiger partial charge < -0.3 is 10.2 Å². The SMILES string of the molecule is N#CC(C#N)=C(c1cc(Br)c(O)c(Br)c1)c1cc(Br)c(O)c(Br)c1. The second kappa shape index (κ2) is 7.71. The van der Waals surface area contributed by atoms with Gasteiger partial charge in [0.1, 0.15) is 29.2 Å². The van der Waals surface area contributed by atoms with Crippen LogP contribution < -0.4 is 0 Å². The number of hydrogen-bond acceptors (Lipinski definition) is 4. The molecule has 0 aliphatic rings. The minimum atomic E-state index is -0.0935. The van der Waals surface area contributed by atoms with Gasteiger partial charge in [0.15, 0.2) is 0 Å². The average Bonchev–Trinajstić information content (AvgIpc) is 2.54. The van der Waals surface area contributed by atoms with Gasteiger partial charge in [-0.25, -0.2) is 0 Å². The van der Waals surface area contributed by atoms with E-state index < -0.39 is 0 Å². The largest absolute Gasteiger partial charge is 0.506 e. The van der Waals surface area contributed by atoms with E-state index in [9.17, 15) is 20.7 Å². The maximum atomic E-state index is 9.87. The van der Waals surface area contributed by atoms with Crippen molar-refractivity contribution in [1.29, 1.82) is 10.5 Å². The minimum Gasteiger partial charge on any atom is -0.506 e. The summed E-state index contributed by atoms with van der Waals surface area (Å²) in [6.07, 6.45) is 0. The van der Waals surface area contributed by atoms with Gasteiger partial charge in [-0.3, -0.25) is 0 Å². The van der Waals surface area contributed by atoms with Crippen LogP contribution in [0, 0.1) is 22.7 Å². The lowest BCUT2D eigenvalue weighted by Crippen LogP contribution is -1.94. The van der Waals surface area contributed by atoms with Crippen molar-refractivity contribution in [3.8, 4) is 23.6 Å². The Morgan fingerprint density at radius 2 is 1.00 bits per heavy atom. The number of phenolic OH excluding ortho intramolecular Hbond substituents is 2. The number of phenols is 2. The van der Waals surface area contributed by atoms with Crippen LogP contribution in [-0.4, -0.2) is 10.2 Å². The quantitative estimate of drug-likeness (QED) is 0.429. The Hall–Kier alpha value is -1.32. The monoisotopic (exact) mass is 574 g/mol. The molecule has 0 spiro atoms. The number of nitriles is 2. The Balaban J connectivity index is 2.86. The summed E-state index contributed by atoms with van der Waals surface area (Å²) >= 11 is 13.0. The molecule has 0 aliphatic heterocycles. The first kappa shape index (κ1) is 19.0. The van der Waals surface area contributed by atoms with Crippen LogP contribution in [0.15, 0.2) is 47.7 Å². The average molecular weight is 578 g/mol. The van der Waals surface area contributed by atoms with Crippen LogP contribution in [-0.2, 0) is 0 Å². The van der Waals surface area contributed by atoms with Gasteiger partial charge in [0.25, 0.3) is 0 Å². The molecule has 24 heavy (non-hydrogen) atoms. The van der Waals surface area contributed by atoms with Crippen molar-refractivity contribution in [2.75, 3.05) is 0 Å². The number of halogens is 4. The Morgan fingerprint density at radius 3 is 1.25 bits per heavy atom. The second-order valence-corrected chi connectivity index (χ2v) is 7.97. The molecule has 2 N–H and O–H groups in total. The number of aromatic hydroxyl groups is 2. The number of allylic oxidation sites excluding steroid dienone is 1. The molecule has 0 fully saturated rings. The van der Waals surface area contributed by atoms with Crippen LogP contribution in [0.1, 0.15) is 11.1 Å². The van der Waals surface area contributed by atoms with Crippen molar-refractivity contribution in [3.05, 3.63) is 58.9 Å². The summed E-state index contributed by atoms with van der Waals surface area (Å²) in [5.74, 6) is 0.0308. The van der Waals surface area contributed by atoms with Crippen molar-refractivity contribution in [2.45, 2.75) is 0 Å². The molecule has 2 aromatic rings. The molecular formula is C16H6Br4N2O2. The van der Waals surface area contributed by atoms with E-state index >= 15 is 0 Å². The van der Waals surface area contributed by atoms with Crippen LogP contribution in [0.25, 0.3) is 5.57 Å². The summed E-state index contributed by atoms with van der Waals surface area (Å²) in [5.41, 5.74) is 1.38. The molecule has 0 aliphatic carbocycles. The topological polar surface area (TPSA) is 88.0 Å². The van der Waals surface area contributed by atoms with Gasteiger partial charge in [0.05, 0.1) is 17.9 Å². The lowest BCUT2D eigenvalue weighted by molar-refractivity contribution is 0.468. The summed E-state index contributed by atoms with van der Waals surface area (Å²) in [6, 6.07) is 10.2. The highest BCUT2D eigenvalue weighted by Crippen LogP contribution is 2.41. The zero-order valence-electron chi connectivity index (χ0n) is 11.6. The molecule has 0 aromatic heterocycles. The summed E-state index contributed by atoms with van der Waals surface area (Å²) in [7, 11) is 0. The smallest absolute Gasteiger partial charge is 0.143 e. The van der Waals surface area contributed by atoms with E-state index in [1.165, 1.54) is 0 Å². The third-order valence-electron chi connectivity index (χ3n) is 3.08. The van der Waals surface area contributed by atoms with Gasteiger partial charge in [0.2, 0.25) is 0 Å². The van der Waals surface area contributed by atoms with E-state index in [0.29, 0.717) is 34.6 Å². The molecule has 0 atom stereocenters. The van der Waals surface area contributed by atoms with Crippen molar-refractivity contribution in [1.82, 2.24) is 0 Å². The molecule has 120 valence electrons. The zero-order valence-corrected chi connectivity index (χ0v) is 18.0. The first-order valence-electron chi connectivity index (χ1n) is 6.21. The predicted molar refractivity (Wildman–Crippen MR) is 104 cm³/mol. The van der Waals surface area contributed by atoms with Crippen LogP contribution in [0.4, 0.5) is 0 Å². The highest BCUT2D eigenvalue weighted by Gasteiger charge is 2.18. The number of benzene rings is 2. The Bertz CT molecular complexity index is 834. The van der Waals surface area contributed by atoms with Crippen molar-refractivity contribution >= 4 is 69.3 Å². The molecule has 2 aromatic carbocycles. The molecule has 0 heterocycles. The van der Waals surface area contributed by atoms with E-state index in [1.54, 1.807) is 24.3 Å². The van der Waals surface area contributed by atoms with Gasteiger partial charge in [-0.05, 0) is 99.1 Å². The fraction of sp³-hybridized carbons (Fsp3) is 0. The number of rotatable bonds is 2. The van der Waals surface area contributed by atoms with Crippen LogP contribution >= 0.6 is 63.7 Å². The van der Waals surface area contributed by atoms with Crippen molar-refractivity contribution in [3.63, 3.8) is 0 Å². The van der Waals surface area contributed by atoms with E-state index in [-0.39, 0.29) is 17.1 Å². The predicted octanol–water partition coefficient (Wildman–Crippen LogP) is 6.00. The number of nitrogens with zero attached hydrogens (tertiary/aromatic N) is 2. The Kier molecular flexibility index (Phi) is 6.11. The van der Waals surface area contributed by atoms with Gasteiger partial charge in [-0.2, -0.15) is 10.5 Å². The third kappa shape index (κ3) is 3.68. The molecule has 0 saturated heterocycles. The van der Waals surface area contributed by atoms with Crippen LogP contribution in [0.5, 0.6) is 11.5 Å². The number of hydrogen-bond donors (Lipinski definition) is 2. The summed E-state index contributed by atoms with van der Waals surface area (Å²) in [4.78, 5) is 0. The lowest BCUT2D eigenvalue weighted by Gasteiger charge is -2.13. The summed E-state index contributed by atoms with van der Waals surface area (Å²) in [6.45, 7) is 0. The molecule has 0 saturated carbocycles. The molecule has 0 bridgehead atoms. The molecule has 4 nitrogen and oxygen atoms in total. The Morgan fingerprint density at radius 1 is 0.708 bits per heavy atom. The van der Waals surface area contributed by atoms with E-state index in [4.69, 9.17) is 0 Å². The maximum absolute atomic E-state index is 9.87. The van der Waals surface area contributed by atoms with E-state index in [1.807, 2.05) is 12.1 Å². The fourth-order valence-electron chi connectivity index (χ4n) is 2.01. The highest BCUT2D eigenvalue weighted by molar-refractivity contribution is 9.11. The standard InChI is InChI=1S/C16H6Br4N2O2/c17-10-1-7(2-11(18)15(10)23)14(9(5-21)6-22)8-3-12(19)16(24)13(20)4-8/h1-4,23-24H. The molecule has 2 rings (SSSR count). The van der Waals surface area contributed by atoms with Crippen LogP contribution in [0.2, 0.25) is 0 Å². The maximum Gasteiger partial charge on any atom is 0.143 e. The summed E-state index contributed by atoms with van der Waals surface area (Å²) < 4.78 is 1.65. The van der Waals surface area contributed by atoms with Crippen LogP contribution in [0.3, 0.4) is 0 Å². The van der Waals surface area contributed by atoms with Gasteiger partial charge in [-0.15, -0.1) is 0 Å². The fourth-order valence-corrected chi connectivity index (χ4v) is 4.38. The van der Waals surface area contributed by atoms with E-state index in [2.05, 4.69) is 63.7 Å². The second-order valence-electron chi connectivity index (χ2n) is 4.55. The van der Waals surface area contributed by atoms with Gasteiger partial charge >= 0.3 is 0 Å². The minimum absolute atomic E-state index is 0.0154. The highest BCUT2D eigenvalue weighted by atomic mass is 79.9. The van der Waals surface area contributed by atoms with E-state index in [0.717, 1.165) is 0 Å². The van der Waals surface area contributed by atoms with Gasteiger partial charge in [-0.1, -0.05) is 0 Å². The molecular weight excluding hydrogens is 572 g/mol. The molecule has 0 unspecified atom stereocenters. The molecule has 0 amide bonds. The van der Waals surface area contributed by atoms with Crippen molar-refractivity contribution in [2.24, 2.45) is 0 Å². The summed E-state index contributed by atoms with van der Waals surface area (Å²) in [5, 5.41) is 38.4.